The van der Waals surface area contributed by atoms with E-state index in [1.54, 1.807) is 14.2 Å². The number of carbonyl (C=O) groups excluding carboxylic acids is 1. The van der Waals surface area contributed by atoms with E-state index < -0.39 is 11.4 Å². The Bertz CT molecular complexity index is 885. The quantitative estimate of drug-likeness (QED) is 0.554. The van der Waals surface area contributed by atoms with Crippen molar-refractivity contribution in [2.45, 2.75) is 37.1 Å². The van der Waals surface area contributed by atoms with Crippen LogP contribution < -0.4 is 4.74 Å². The van der Waals surface area contributed by atoms with Crippen LogP contribution in [-0.4, -0.2) is 58.7 Å². The molecule has 7 heteroatoms. The van der Waals surface area contributed by atoms with Crippen LogP contribution >= 0.6 is 0 Å². The third-order valence-electron chi connectivity index (χ3n) is 6.99. The Morgan fingerprint density at radius 1 is 1.14 bits per heavy atom. The highest BCUT2D eigenvalue weighted by Gasteiger charge is 2.71. The average Bonchev–Trinajstić information content (AvgIpc) is 3.38. The van der Waals surface area contributed by atoms with E-state index in [1.807, 2.05) is 12.1 Å². The molecule has 0 radical (unpaired) electrons. The summed E-state index contributed by atoms with van der Waals surface area (Å²) >= 11 is 0. The Labute approximate surface area is 169 Å². The highest BCUT2D eigenvalue weighted by atomic mass is 16.8. The van der Waals surface area contributed by atoms with E-state index in [1.165, 1.54) is 12.7 Å². The van der Waals surface area contributed by atoms with Gasteiger partial charge in [0.05, 0.1) is 27.4 Å². The Balaban J connectivity index is 1.62. The number of benzene rings is 1. The van der Waals surface area contributed by atoms with Gasteiger partial charge in [-0.15, -0.1) is 0 Å². The predicted molar refractivity (Wildman–Crippen MR) is 103 cm³/mol. The van der Waals surface area contributed by atoms with Crippen LogP contribution in [0.15, 0.2) is 18.2 Å². The molecule has 4 aliphatic rings. The van der Waals surface area contributed by atoms with Gasteiger partial charge in [-0.25, -0.2) is 4.79 Å². The molecular weight excluding hydrogens is 376 g/mol. The molecule has 2 atom stereocenters. The Morgan fingerprint density at radius 3 is 2.62 bits per heavy atom. The maximum absolute atomic E-state index is 12.6. The monoisotopic (exact) mass is 402 g/mol. The van der Waals surface area contributed by atoms with Gasteiger partial charge in [0.25, 0.3) is 0 Å². The van der Waals surface area contributed by atoms with Gasteiger partial charge < -0.3 is 28.4 Å². The summed E-state index contributed by atoms with van der Waals surface area (Å²) in [5.41, 5.74) is 3.00. The fraction of sp³-hybridized carbons (Fsp3) is 0.591. The maximum Gasteiger partial charge on any atom is 0.341 e. The standard InChI is InChI=1S/C22H26O7/c1-24-13-29-21-7-6-16-14-4-5-17(25-2)18(19(23)26-3)15(14)10-20(16,11-21)12-22(21)27-8-9-28-22/h4-6H,7-13H2,1-3H3. The van der Waals surface area contributed by atoms with E-state index in [2.05, 4.69) is 6.08 Å². The lowest BCUT2D eigenvalue weighted by molar-refractivity contribution is -0.285. The normalized spacial score (nSPS) is 30.8. The second kappa shape index (κ2) is 6.54. The molecule has 29 heavy (non-hydrogen) atoms. The lowest BCUT2D eigenvalue weighted by Gasteiger charge is -2.41. The molecule has 1 heterocycles. The van der Waals surface area contributed by atoms with Crippen LogP contribution in [0.1, 0.15) is 40.7 Å². The van der Waals surface area contributed by atoms with Crippen LogP contribution in [-0.2, 0) is 30.1 Å². The van der Waals surface area contributed by atoms with E-state index in [9.17, 15) is 4.79 Å². The second-order valence-electron chi connectivity index (χ2n) is 8.29. The highest BCUT2D eigenvalue weighted by Crippen LogP contribution is 2.68. The minimum Gasteiger partial charge on any atom is -0.496 e. The summed E-state index contributed by atoms with van der Waals surface area (Å²) < 4.78 is 34.5. The summed E-state index contributed by atoms with van der Waals surface area (Å²) in [5, 5.41) is 0. The molecule has 0 N–H and O–H groups in total. The Kier molecular flexibility index (Phi) is 4.30. The number of ether oxygens (including phenoxy) is 6. The second-order valence-corrected chi connectivity index (χ2v) is 8.29. The topological polar surface area (TPSA) is 72.5 Å². The van der Waals surface area contributed by atoms with Crippen LogP contribution in [0.4, 0.5) is 0 Å². The summed E-state index contributed by atoms with van der Waals surface area (Å²) in [5.74, 6) is -0.632. The van der Waals surface area contributed by atoms with Crippen molar-refractivity contribution in [2.24, 2.45) is 5.41 Å². The van der Waals surface area contributed by atoms with E-state index in [4.69, 9.17) is 28.4 Å². The molecule has 156 valence electrons. The van der Waals surface area contributed by atoms with Crippen LogP contribution in [0.5, 0.6) is 5.75 Å². The lowest BCUT2D eigenvalue weighted by Crippen LogP contribution is -2.53. The summed E-state index contributed by atoms with van der Waals surface area (Å²) in [6.07, 6.45) is 5.05. The zero-order valence-electron chi connectivity index (χ0n) is 17.0. The Morgan fingerprint density at radius 2 is 1.93 bits per heavy atom. The molecule has 5 rings (SSSR count). The number of methoxy groups -OCH3 is 3. The number of fused-ring (bicyclic) bond motifs is 4. The summed E-state index contributed by atoms with van der Waals surface area (Å²) in [4.78, 5) is 12.6. The van der Waals surface area contributed by atoms with Gasteiger partial charge in [0.15, 0.2) is 5.79 Å². The molecule has 0 amide bonds. The maximum atomic E-state index is 12.6. The van der Waals surface area contributed by atoms with Crippen molar-refractivity contribution in [1.29, 1.82) is 0 Å². The molecular formula is C22H26O7. The minimum atomic E-state index is -0.790. The molecule has 1 aliphatic heterocycles. The smallest absolute Gasteiger partial charge is 0.341 e. The summed E-state index contributed by atoms with van der Waals surface area (Å²) in [7, 11) is 4.59. The zero-order chi connectivity index (χ0) is 20.3. The van der Waals surface area contributed by atoms with E-state index >= 15 is 0 Å². The zero-order valence-corrected chi connectivity index (χ0v) is 17.0. The van der Waals surface area contributed by atoms with Crippen molar-refractivity contribution in [1.82, 2.24) is 0 Å². The van der Waals surface area contributed by atoms with Crippen molar-refractivity contribution < 1.29 is 33.2 Å². The van der Waals surface area contributed by atoms with Gasteiger partial charge in [0.1, 0.15) is 23.7 Å². The number of allylic oxidation sites excluding steroid dienone is 1. The van der Waals surface area contributed by atoms with Gasteiger partial charge in [0, 0.05) is 25.4 Å². The first-order chi connectivity index (χ1) is 14.0. The molecule has 1 aromatic rings. The van der Waals surface area contributed by atoms with Crippen molar-refractivity contribution in [3.05, 3.63) is 34.9 Å². The third kappa shape index (κ3) is 2.42. The first kappa shape index (κ1) is 19.1. The molecule has 2 unspecified atom stereocenters. The molecule has 2 bridgehead atoms. The van der Waals surface area contributed by atoms with E-state index in [0.717, 1.165) is 17.5 Å². The molecule has 1 saturated heterocycles. The molecule has 0 aromatic heterocycles. The molecule has 1 aromatic carbocycles. The van der Waals surface area contributed by atoms with Gasteiger partial charge in [-0.3, -0.25) is 0 Å². The SMILES string of the molecule is COCOC12CC=C3c4ccc(OC)c(C(=O)OC)c4CC3(C1)CC21OCCO1. The van der Waals surface area contributed by atoms with Gasteiger partial charge in [-0.2, -0.15) is 0 Å². The van der Waals surface area contributed by atoms with Gasteiger partial charge >= 0.3 is 5.97 Å². The van der Waals surface area contributed by atoms with Crippen LogP contribution in [0.2, 0.25) is 0 Å². The van der Waals surface area contributed by atoms with Crippen molar-refractivity contribution in [2.75, 3.05) is 41.3 Å². The van der Waals surface area contributed by atoms with Crippen molar-refractivity contribution in [3.63, 3.8) is 0 Å². The van der Waals surface area contributed by atoms with E-state index in [-0.39, 0.29) is 18.2 Å². The fourth-order valence-electron chi connectivity index (χ4n) is 5.98. The average molecular weight is 402 g/mol. The van der Waals surface area contributed by atoms with Crippen LogP contribution in [0.25, 0.3) is 5.57 Å². The predicted octanol–water partition coefficient (Wildman–Crippen LogP) is 2.71. The number of rotatable bonds is 5. The molecule has 3 aliphatic carbocycles. The third-order valence-corrected chi connectivity index (χ3v) is 6.99. The molecule has 7 nitrogen and oxygen atoms in total. The fourth-order valence-corrected chi connectivity index (χ4v) is 5.98. The number of hydrogen-bond acceptors (Lipinski definition) is 7. The van der Waals surface area contributed by atoms with Crippen molar-refractivity contribution >= 4 is 11.5 Å². The largest absolute Gasteiger partial charge is 0.496 e. The number of esters is 1. The lowest BCUT2D eigenvalue weighted by atomic mass is 9.73. The Hall–Kier alpha value is -1.93. The molecule has 2 spiro atoms. The number of hydrogen-bond donors (Lipinski definition) is 0. The van der Waals surface area contributed by atoms with Crippen molar-refractivity contribution in [3.8, 4) is 5.75 Å². The summed E-state index contributed by atoms with van der Waals surface area (Å²) in [6.45, 7) is 1.29. The minimum absolute atomic E-state index is 0.182. The first-order valence-corrected chi connectivity index (χ1v) is 9.94. The first-order valence-electron chi connectivity index (χ1n) is 9.94. The molecule has 1 saturated carbocycles. The van der Waals surface area contributed by atoms with Crippen LogP contribution in [0.3, 0.4) is 0 Å². The summed E-state index contributed by atoms with van der Waals surface area (Å²) in [6, 6.07) is 3.90. The van der Waals surface area contributed by atoms with Gasteiger partial charge in [-0.05, 0) is 35.6 Å². The highest BCUT2D eigenvalue weighted by molar-refractivity contribution is 5.98. The van der Waals surface area contributed by atoms with Gasteiger partial charge in [-0.1, -0.05) is 12.1 Å². The molecule has 2 fully saturated rings. The van der Waals surface area contributed by atoms with Gasteiger partial charge in [0.2, 0.25) is 0 Å². The van der Waals surface area contributed by atoms with Crippen LogP contribution in [0, 0.1) is 5.41 Å². The number of carbonyl (C=O) groups is 1. The van der Waals surface area contributed by atoms with E-state index in [0.29, 0.717) is 43.8 Å².